The average molecular weight is 344 g/mol. The summed E-state index contributed by atoms with van der Waals surface area (Å²) in [7, 11) is 0. The van der Waals surface area contributed by atoms with Gasteiger partial charge in [-0.3, -0.25) is 0 Å². The van der Waals surface area contributed by atoms with E-state index in [1.165, 1.54) is 22.6 Å². The summed E-state index contributed by atoms with van der Waals surface area (Å²) in [6.07, 6.45) is -3.18. The molecule has 0 saturated heterocycles. The molecule has 0 spiro atoms. The Hall–Kier alpha value is -1.39. The number of alkyl halides is 2. The summed E-state index contributed by atoms with van der Waals surface area (Å²) in [5.41, 5.74) is -1.80. The van der Waals surface area contributed by atoms with Crippen LogP contribution in [0.4, 0.5) is 14.6 Å². The monoisotopic (exact) mass is 344 g/mol. The van der Waals surface area contributed by atoms with Gasteiger partial charge in [-0.05, 0) is 32.5 Å². The first-order chi connectivity index (χ1) is 7.34. The van der Waals surface area contributed by atoms with E-state index in [2.05, 4.69) is 4.98 Å². The molecule has 0 radical (unpaired) electrons. The summed E-state index contributed by atoms with van der Waals surface area (Å²) in [6.45, 7) is 0. The summed E-state index contributed by atoms with van der Waals surface area (Å²) >= 11 is 1.43. The van der Waals surface area contributed by atoms with Gasteiger partial charge in [0.2, 0.25) is 5.69 Å². The van der Waals surface area contributed by atoms with Crippen LogP contribution >= 0.6 is 22.6 Å². The van der Waals surface area contributed by atoms with Crippen molar-refractivity contribution in [2.24, 2.45) is 0 Å². The topological polar surface area (TPSA) is 93.3 Å². The second-order valence-electron chi connectivity index (χ2n) is 2.59. The van der Waals surface area contributed by atoms with Crippen molar-refractivity contribution in [3.63, 3.8) is 0 Å². The first-order valence-electron chi connectivity index (χ1n) is 3.71. The van der Waals surface area contributed by atoms with E-state index in [9.17, 15) is 23.7 Å². The molecule has 0 aromatic carbocycles. The lowest BCUT2D eigenvalue weighted by Crippen LogP contribution is -2.10. The zero-order valence-electron chi connectivity index (χ0n) is 7.35. The van der Waals surface area contributed by atoms with E-state index in [1.54, 1.807) is 0 Å². The van der Waals surface area contributed by atoms with Gasteiger partial charge in [0.15, 0.2) is 0 Å². The lowest BCUT2D eigenvalue weighted by atomic mass is 10.2. The highest BCUT2D eigenvalue weighted by Gasteiger charge is 2.30. The number of carbonyl (C=O) groups is 1. The normalized spacial score (nSPS) is 10.5. The van der Waals surface area contributed by atoms with Crippen molar-refractivity contribution in [2.45, 2.75) is 6.43 Å². The van der Waals surface area contributed by atoms with Crippen LogP contribution in [0.2, 0.25) is 0 Å². The van der Waals surface area contributed by atoms with Crippen LogP contribution in [-0.2, 0) is 0 Å². The molecule has 0 aliphatic rings. The Kier molecular flexibility index (Phi) is 3.67. The number of halogens is 3. The van der Waals surface area contributed by atoms with Crippen LogP contribution in [0.3, 0.4) is 0 Å². The fraction of sp³-hybridized carbons (Fsp3) is 0.143. The molecule has 6 nitrogen and oxygen atoms in total. The number of hydrogen-bond donors (Lipinski definition) is 1. The highest BCUT2D eigenvalue weighted by Crippen LogP contribution is 2.27. The molecule has 1 heterocycles. The minimum Gasteiger partial charge on any atom is -0.478 e. The first kappa shape index (κ1) is 12.7. The number of rotatable bonds is 3. The van der Waals surface area contributed by atoms with Crippen molar-refractivity contribution in [1.29, 1.82) is 0 Å². The number of nitrogens with zero attached hydrogens (tertiary/aromatic N) is 2. The van der Waals surface area contributed by atoms with Crippen LogP contribution in [0.15, 0.2) is 6.07 Å². The largest absolute Gasteiger partial charge is 0.478 e. The molecular formula is C7H3F2IN2O4. The Balaban J connectivity index is 3.51. The zero-order chi connectivity index (χ0) is 12.5. The van der Waals surface area contributed by atoms with E-state index in [4.69, 9.17) is 5.11 Å². The third-order valence-electron chi connectivity index (χ3n) is 1.59. The highest BCUT2D eigenvalue weighted by atomic mass is 127. The molecule has 86 valence electrons. The number of aromatic carboxylic acids is 1. The number of nitro groups is 1. The minimum absolute atomic E-state index is 0.151. The lowest BCUT2D eigenvalue weighted by Gasteiger charge is -2.02. The maximum absolute atomic E-state index is 12.5. The van der Waals surface area contributed by atoms with Gasteiger partial charge in [-0.15, -0.1) is 0 Å². The standard InChI is InChI=1S/C7H3F2IN2O4/c8-6(9)5-4(7(13)14)2(10)1-3(11-5)12(15)16/h1,6H,(H,13,14). The van der Waals surface area contributed by atoms with E-state index in [0.29, 0.717) is 0 Å². The molecule has 1 N–H and O–H groups in total. The molecule has 0 saturated carbocycles. The van der Waals surface area contributed by atoms with Crippen molar-refractivity contribution in [1.82, 2.24) is 4.98 Å². The Morgan fingerprint density at radius 3 is 2.56 bits per heavy atom. The fourth-order valence-electron chi connectivity index (χ4n) is 0.983. The highest BCUT2D eigenvalue weighted by molar-refractivity contribution is 14.1. The molecule has 0 amide bonds. The lowest BCUT2D eigenvalue weighted by molar-refractivity contribution is -0.389. The molecule has 0 atom stereocenters. The van der Waals surface area contributed by atoms with Crippen LogP contribution in [0.25, 0.3) is 0 Å². The first-order valence-corrected chi connectivity index (χ1v) is 4.78. The Morgan fingerprint density at radius 2 is 2.19 bits per heavy atom. The Morgan fingerprint density at radius 1 is 1.62 bits per heavy atom. The van der Waals surface area contributed by atoms with Gasteiger partial charge >= 0.3 is 18.2 Å². The van der Waals surface area contributed by atoms with Gasteiger partial charge in [0.25, 0.3) is 0 Å². The molecule has 0 aliphatic heterocycles. The van der Waals surface area contributed by atoms with Crippen LogP contribution < -0.4 is 0 Å². The van der Waals surface area contributed by atoms with Crippen LogP contribution in [0.5, 0.6) is 0 Å². The number of carboxylic acid groups (broad SMARTS) is 1. The second kappa shape index (κ2) is 4.63. The molecule has 1 rings (SSSR count). The van der Waals surface area contributed by atoms with Crippen molar-refractivity contribution in [3.8, 4) is 0 Å². The smallest absolute Gasteiger partial charge is 0.365 e. The SMILES string of the molecule is O=C(O)c1c(I)cc([N+](=O)[O-])nc1C(F)F. The minimum atomic E-state index is -3.18. The second-order valence-corrected chi connectivity index (χ2v) is 3.75. The Bertz CT molecular complexity index is 466. The summed E-state index contributed by atoms with van der Waals surface area (Å²) in [6, 6.07) is 0.829. The van der Waals surface area contributed by atoms with Crippen LogP contribution in [0, 0.1) is 13.7 Å². The summed E-state index contributed by atoms with van der Waals surface area (Å²) < 4.78 is 24.8. The van der Waals surface area contributed by atoms with Gasteiger partial charge in [0.05, 0.1) is 6.07 Å². The number of carboxylic acids is 1. The molecule has 1 aromatic rings. The number of pyridine rings is 1. The molecule has 1 aromatic heterocycles. The van der Waals surface area contributed by atoms with Gasteiger partial charge in [0, 0.05) is 3.57 Å². The molecule has 0 unspecified atom stereocenters. The predicted molar refractivity (Wildman–Crippen MR) is 55.5 cm³/mol. The van der Waals surface area contributed by atoms with Gasteiger partial charge in [0.1, 0.15) is 5.56 Å². The van der Waals surface area contributed by atoms with Crippen molar-refractivity contribution >= 4 is 34.4 Å². The van der Waals surface area contributed by atoms with Crippen LogP contribution in [-0.4, -0.2) is 21.0 Å². The zero-order valence-corrected chi connectivity index (χ0v) is 9.51. The van der Waals surface area contributed by atoms with Gasteiger partial charge in [-0.2, -0.15) is 0 Å². The van der Waals surface area contributed by atoms with Gasteiger partial charge in [-0.25, -0.2) is 13.6 Å². The molecule has 0 bridgehead atoms. The molecular weight excluding hydrogens is 341 g/mol. The fourth-order valence-corrected chi connectivity index (χ4v) is 1.77. The van der Waals surface area contributed by atoms with Crippen molar-refractivity contribution in [3.05, 3.63) is 31.0 Å². The molecule has 0 aliphatic carbocycles. The van der Waals surface area contributed by atoms with E-state index in [0.717, 1.165) is 6.07 Å². The maximum atomic E-state index is 12.5. The quantitative estimate of drug-likeness (QED) is 0.516. The van der Waals surface area contributed by atoms with E-state index in [-0.39, 0.29) is 3.57 Å². The maximum Gasteiger partial charge on any atom is 0.365 e. The van der Waals surface area contributed by atoms with E-state index < -0.39 is 34.4 Å². The van der Waals surface area contributed by atoms with E-state index >= 15 is 0 Å². The summed E-state index contributed by atoms with van der Waals surface area (Å²) in [5.74, 6) is -2.40. The number of aromatic nitrogens is 1. The van der Waals surface area contributed by atoms with E-state index in [1.807, 2.05) is 0 Å². The van der Waals surface area contributed by atoms with Crippen molar-refractivity contribution in [2.75, 3.05) is 0 Å². The summed E-state index contributed by atoms with van der Waals surface area (Å²) in [5, 5.41) is 19.0. The van der Waals surface area contributed by atoms with Gasteiger partial charge < -0.3 is 15.2 Å². The number of hydrogen-bond acceptors (Lipinski definition) is 4. The molecule has 9 heteroatoms. The third-order valence-corrected chi connectivity index (χ3v) is 2.44. The van der Waals surface area contributed by atoms with Crippen LogP contribution in [0.1, 0.15) is 22.5 Å². The Labute approximate surface area is 101 Å². The summed E-state index contributed by atoms with van der Waals surface area (Å²) in [4.78, 5) is 23.1. The van der Waals surface area contributed by atoms with Gasteiger partial charge in [-0.1, -0.05) is 0 Å². The molecule has 0 fully saturated rings. The molecule has 16 heavy (non-hydrogen) atoms. The van der Waals surface area contributed by atoms with Crippen molar-refractivity contribution < 1.29 is 23.6 Å². The predicted octanol–water partition coefficient (Wildman–Crippen LogP) is 2.23. The third kappa shape index (κ3) is 2.40. The average Bonchev–Trinajstić information content (AvgIpc) is 2.15.